The lowest BCUT2D eigenvalue weighted by molar-refractivity contribution is 0.487. The molecule has 0 saturated heterocycles. The van der Waals surface area contributed by atoms with Crippen molar-refractivity contribution in [1.29, 1.82) is 0 Å². The molecular weight excluding hydrogens is 212 g/mol. The summed E-state index contributed by atoms with van der Waals surface area (Å²) < 4.78 is 19.3. The second kappa shape index (κ2) is 5.95. The summed E-state index contributed by atoms with van der Waals surface area (Å²) in [5.41, 5.74) is 6.76. The molecule has 0 aliphatic heterocycles. The summed E-state index contributed by atoms with van der Waals surface area (Å²) in [7, 11) is 0. The maximum atomic E-state index is 10.6. The van der Waals surface area contributed by atoms with Gasteiger partial charge in [0, 0.05) is 12.2 Å². The summed E-state index contributed by atoms with van der Waals surface area (Å²) in [5, 5.41) is 0. The number of hydrogen-bond donors (Lipinski definition) is 2. The zero-order chi connectivity index (χ0) is 11.3. The van der Waals surface area contributed by atoms with Crippen molar-refractivity contribution in [2.24, 2.45) is 11.7 Å². The Morgan fingerprint density at radius 3 is 2.87 bits per heavy atom. The van der Waals surface area contributed by atoms with E-state index in [0.717, 1.165) is 5.69 Å². The molecule has 0 bridgehead atoms. The molecule has 0 aromatic carbocycles. The average Bonchev–Trinajstić information content (AvgIpc) is 2.17. The molecule has 1 aromatic heterocycles. The molecule has 1 heterocycles. The summed E-state index contributed by atoms with van der Waals surface area (Å²) in [6.07, 6.45) is 2.37. The van der Waals surface area contributed by atoms with Gasteiger partial charge in [-0.25, -0.2) is 4.21 Å². The third kappa shape index (κ3) is 4.51. The Morgan fingerprint density at radius 1 is 1.60 bits per heavy atom. The van der Waals surface area contributed by atoms with Gasteiger partial charge < -0.3 is 10.3 Å². The fourth-order valence-electron chi connectivity index (χ4n) is 1.46. The summed E-state index contributed by atoms with van der Waals surface area (Å²) in [6, 6.07) is 5.43. The highest BCUT2D eigenvalue weighted by atomic mass is 32.2. The van der Waals surface area contributed by atoms with E-state index in [1.165, 1.54) is 0 Å². The minimum Gasteiger partial charge on any atom is -0.323 e. The Hall–Kier alpha value is -0.780. The molecular formula is C10H16N2O2S. The van der Waals surface area contributed by atoms with E-state index >= 15 is 0 Å². The van der Waals surface area contributed by atoms with Gasteiger partial charge >= 0.3 is 0 Å². The van der Waals surface area contributed by atoms with Crippen molar-refractivity contribution in [1.82, 2.24) is 4.98 Å². The Kier molecular flexibility index (Phi) is 4.87. The maximum absolute atomic E-state index is 10.6. The van der Waals surface area contributed by atoms with E-state index < -0.39 is 11.1 Å². The van der Waals surface area contributed by atoms with Crippen LogP contribution >= 0.6 is 0 Å². The number of nitrogens with zero attached hydrogens (tertiary/aromatic N) is 1. The molecule has 4 nitrogen and oxygen atoms in total. The standard InChI is InChI=1S/C10H16N2O2S/c1-8(7-15(13)14)6-9(11)10-4-2-3-5-12-10/h2-5,8-9H,6-7,11H2,1H3,(H,13,14). The molecule has 1 rings (SSSR count). The molecule has 0 aliphatic carbocycles. The van der Waals surface area contributed by atoms with Crippen LogP contribution in [0.4, 0.5) is 0 Å². The molecule has 3 unspecified atom stereocenters. The first-order valence-electron chi connectivity index (χ1n) is 4.83. The molecule has 0 spiro atoms. The van der Waals surface area contributed by atoms with Crippen molar-refractivity contribution in [2.75, 3.05) is 5.75 Å². The van der Waals surface area contributed by atoms with Gasteiger partial charge in [0.05, 0.1) is 11.4 Å². The van der Waals surface area contributed by atoms with E-state index in [4.69, 9.17) is 10.3 Å². The minimum absolute atomic E-state index is 0.118. The van der Waals surface area contributed by atoms with Gasteiger partial charge in [0.25, 0.3) is 0 Å². The van der Waals surface area contributed by atoms with Crippen molar-refractivity contribution < 1.29 is 8.76 Å². The summed E-state index contributed by atoms with van der Waals surface area (Å²) in [5.74, 6) is 0.383. The van der Waals surface area contributed by atoms with Crippen LogP contribution in [0, 0.1) is 5.92 Å². The van der Waals surface area contributed by atoms with Crippen LogP contribution in [-0.4, -0.2) is 19.5 Å². The zero-order valence-corrected chi connectivity index (χ0v) is 9.48. The van der Waals surface area contributed by atoms with Gasteiger partial charge in [0.2, 0.25) is 0 Å². The van der Waals surface area contributed by atoms with Crippen molar-refractivity contribution in [3.05, 3.63) is 30.1 Å². The van der Waals surface area contributed by atoms with Crippen LogP contribution in [0.15, 0.2) is 24.4 Å². The fraction of sp³-hybridized carbons (Fsp3) is 0.500. The lowest BCUT2D eigenvalue weighted by Gasteiger charge is -2.15. The van der Waals surface area contributed by atoms with Crippen LogP contribution in [0.1, 0.15) is 25.1 Å². The Balaban J connectivity index is 2.49. The fourth-order valence-corrected chi connectivity index (χ4v) is 2.08. The average molecular weight is 228 g/mol. The number of aromatic nitrogens is 1. The summed E-state index contributed by atoms with van der Waals surface area (Å²) in [4.78, 5) is 4.15. The predicted octanol–water partition coefficient (Wildman–Crippen LogP) is 1.33. The van der Waals surface area contributed by atoms with E-state index in [2.05, 4.69) is 4.98 Å². The molecule has 3 N–H and O–H groups in total. The molecule has 15 heavy (non-hydrogen) atoms. The van der Waals surface area contributed by atoms with Crippen LogP contribution in [-0.2, 0) is 11.1 Å². The normalized spacial score (nSPS) is 17.0. The van der Waals surface area contributed by atoms with Gasteiger partial charge in [-0.2, -0.15) is 0 Å². The second-order valence-electron chi connectivity index (χ2n) is 3.69. The van der Waals surface area contributed by atoms with Crippen LogP contribution in [0.5, 0.6) is 0 Å². The van der Waals surface area contributed by atoms with Gasteiger partial charge in [-0.1, -0.05) is 13.0 Å². The third-order valence-corrected chi connectivity index (χ3v) is 3.01. The van der Waals surface area contributed by atoms with Crippen molar-refractivity contribution in [2.45, 2.75) is 19.4 Å². The zero-order valence-electron chi connectivity index (χ0n) is 8.67. The van der Waals surface area contributed by atoms with Crippen molar-refractivity contribution >= 4 is 11.1 Å². The first-order chi connectivity index (χ1) is 7.09. The van der Waals surface area contributed by atoms with Crippen LogP contribution in [0.25, 0.3) is 0 Å². The Labute approximate surface area is 92.2 Å². The van der Waals surface area contributed by atoms with Crippen molar-refractivity contribution in [3.63, 3.8) is 0 Å². The number of pyridine rings is 1. The highest BCUT2D eigenvalue weighted by Gasteiger charge is 2.13. The van der Waals surface area contributed by atoms with Crippen LogP contribution in [0.3, 0.4) is 0 Å². The van der Waals surface area contributed by atoms with Gasteiger partial charge in [-0.15, -0.1) is 0 Å². The molecule has 0 amide bonds. The second-order valence-corrected chi connectivity index (χ2v) is 4.67. The third-order valence-electron chi connectivity index (χ3n) is 2.15. The molecule has 84 valence electrons. The lowest BCUT2D eigenvalue weighted by atomic mass is 10.0. The minimum atomic E-state index is -1.74. The quantitative estimate of drug-likeness (QED) is 0.745. The maximum Gasteiger partial charge on any atom is 0.153 e. The van der Waals surface area contributed by atoms with E-state index in [1.807, 2.05) is 25.1 Å². The van der Waals surface area contributed by atoms with Gasteiger partial charge in [0.1, 0.15) is 0 Å². The molecule has 5 heteroatoms. The van der Waals surface area contributed by atoms with Crippen LogP contribution in [0.2, 0.25) is 0 Å². The monoisotopic (exact) mass is 228 g/mol. The Morgan fingerprint density at radius 2 is 2.33 bits per heavy atom. The lowest BCUT2D eigenvalue weighted by Crippen LogP contribution is -2.18. The molecule has 3 atom stereocenters. The van der Waals surface area contributed by atoms with E-state index in [9.17, 15) is 4.21 Å². The van der Waals surface area contributed by atoms with Crippen molar-refractivity contribution in [3.8, 4) is 0 Å². The smallest absolute Gasteiger partial charge is 0.153 e. The van der Waals surface area contributed by atoms with Crippen LogP contribution < -0.4 is 5.73 Å². The Bertz CT molecular complexity index is 318. The number of nitrogens with two attached hydrogens (primary N) is 1. The molecule has 0 fully saturated rings. The predicted molar refractivity (Wildman–Crippen MR) is 60.6 cm³/mol. The highest BCUT2D eigenvalue weighted by molar-refractivity contribution is 7.79. The summed E-state index contributed by atoms with van der Waals surface area (Å²) >= 11 is -1.74. The topological polar surface area (TPSA) is 76.2 Å². The van der Waals surface area contributed by atoms with Gasteiger partial charge in [-0.05, 0) is 24.5 Å². The SMILES string of the molecule is CC(CC(N)c1ccccn1)CS(=O)O. The number of rotatable bonds is 5. The molecule has 0 saturated carbocycles. The molecule has 0 aliphatic rings. The van der Waals surface area contributed by atoms with E-state index in [-0.39, 0.29) is 17.7 Å². The van der Waals surface area contributed by atoms with E-state index in [1.54, 1.807) is 6.20 Å². The van der Waals surface area contributed by atoms with E-state index in [0.29, 0.717) is 6.42 Å². The summed E-state index contributed by atoms with van der Waals surface area (Å²) in [6.45, 7) is 1.91. The van der Waals surface area contributed by atoms with Gasteiger partial charge in [0.15, 0.2) is 11.1 Å². The first-order valence-corrected chi connectivity index (χ1v) is 6.11. The first kappa shape index (κ1) is 12.3. The largest absolute Gasteiger partial charge is 0.323 e. The highest BCUT2D eigenvalue weighted by Crippen LogP contribution is 2.17. The number of hydrogen-bond acceptors (Lipinski definition) is 3. The molecule has 1 aromatic rings. The van der Waals surface area contributed by atoms with Gasteiger partial charge in [-0.3, -0.25) is 4.98 Å². The molecule has 0 radical (unpaired) electrons.